The standard InChI is InChI=1S/C27H23FO4S/c1-30-23-16-17-25(22(26(23)32-3)14-10-18-8-12-20(28)13-9-18)33(29)27-21-7-5-4-6-19(21)11-15-24(27)31-2/h4-17H,1-3H3/b14-10+/t33-/m1/s1. The maximum Gasteiger partial charge on any atom is 0.169 e. The van der Waals surface area contributed by atoms with E-state index in [-0.39, 0.29) is 5.82 Å². The second kappa shape index (κ2) is 9.88. The molecule has 0 fully saturated rings. The molecule has 0 saturated heterocycles. The number of hydrogen-bond acceptors (Lipinski definition) is 4. The van der Waals surface area contributed by atoms with E-state index in [4.69, 9.17) is 14.2 Å². The minimum absolute atomic E-state index is 0.309. The summed E-state index contributed by atoms with van der Waals surface area (Å²) in [5, 5.41) is 1.81. The quantitative estimate of drug-likeness (QED) is 0.301. The Morgan fingerprint density at radius 2 is 1.45 bits per heavy atom. The van der Waals surface area contributed by atoms with Crippen molar-refractivity contribution in [3.8, 4) is 17.2 Å². The number of halogens is 1. The molecule has 6 heteroatoms. The molecule has 0 bridgehead atoms. The highest BCUT2D eigenvalue weighted by molar-refractivity contribution is 7.85. The zero-order valence-electron chi connectivity index (χ0n) is 18.5. The maximum atomic E-state index is 14.0. The number of ether oxygens (including phenoxy) is 3. The van der Waals surface area contributed by atoms with Crippen LogP contribution in [0.3, 0.4) is 0 Å². The summed E-state index contributed by atoms with van der Waals surface area (Å²) in [5.41, 5.74) is 1.40. The fourth-order valence-electron chi connectivity index (χ4n) is 3.69. The topological polar surface area (TPSA) is 44.8 Å². The van der Waals surface area contributed by atoms with Crippen molar-refractivity contribution in [2.45, 2.75) is 9.79 Å². The highest BCUT2D eigenvalue weighted by Gasteiger charge is 2.22. The molecule has 0 N–H and O–H groups in total. The Morgan fingerprint density at radius 3 is 2.15 bits per heavy atom. The van der Waals surface area contributed by atoms with Gasteiger partial charge in [0.15, 0.2) is 11.5 Å². The van der Waals surface area contributed by atoms with Gasteiger partial charge in [0.2, 0.25) is 0 Å². The van der Waals surface area contributed by atoms with E-state index in [9.17, 15) is 8.60 Å². The first-order chi connectivity index (χ1) is 16.1. The van der Waals surface area contributed by atoms with Gasteiger partial charge in [-0.15, -0.1) is 0 Å². The van der Waals surface area contributed by atoms with Crippen LogP contribution in [-0.4, -0.2) is 25.5 Å². The lowest BCUT2D eigenvalue weighted by atomic mass is 10.1. The van der Waals surface area contributed by atoms with E-state index in [0.717, 1.165) is 16.3 Å². The Labute approximate surface area is 194 Å². The molecule has 0 spiro atoms. The summed E-state index contributed by atoms with van der Waals surface area (Å²) < 4.78 is 44.0. The fraction of sp³-hybridized carbons (Fsp3) is 0.111. The van der Waals surface area contributed by atoms with Crippen LogP contribution in [0.15, 0.2) is 82.6 Å². The average Bonchev–Trinajstić information content (AvgIpc) is 2.86. The van der Waals surface area contributed by atoms with Gasteiger partial charge in [-0.1, -0.05) is 48.5 Å². The molecule has 4 aromatic rings. The molecule has 0 radical (unpaired) electrons. The normalized spacial score (nSPS) is 12.1. The van der Waals surface area contributed by atoms with Crippen molar-refractivity contribution in [2.75, 3.05) is 21.3 Å². The van der Waals surface area contributed by atoms with Crippen LogP contribution >= 0.6 is 0 Å². The van der Waals surface area contributed by atoms with Crippen molar-refractivity contribution in [1.82, 2.24) is 0 Å². The average molecular weight is 463 g/mol. The molecule has 0 aliphatic rings. The third kappa shape index (κ3) is 4.47. The van der Waals surface area contributed by atoms with E-state index >= 15 is 0 Å². The van der Waals surface area contributed by atoms with Crippen LogP contribution in [0.2, 0.25) is 0 Å². The molecule has 1 atom stereocenters. The summed E-state index contributed by atoms with van der Waals surface area (Å²) in [7, 11) is 3.06. The number of rotatable bonds is 7. The van der Waals surface area contributed by atoms with E-state index in [1.165, 1.54) is 19.2 Å². The monoisotopic (exact) mass is 462 g/mol. The van der Waals surface area contributed by atoms with Crippen LogP contribution in [0.25, 0.3) is 22.9 Å². The van der Waals surface area contributed by atoms with Gasteiger partial charge in [-0.05, 0) is 47.4 Å². The largest absolute Gasteiger partial charge is 0.495 e. The van der Waals surface area contributed by atoms with Gasteiger partial charge in [0, 0.05) is 10.9 Å². The second-order valence-electron chi connectivity index (χ2n) is 7.18. The molecule has 0 amide bonds. The Hall–Kier alpha value is -3.64. The van der Waals surface area contributed by atoms with E-state index in [1.54, 1.807) is 44.6 Å². The Bertz CT molecular complexity index is 1350. The van der Waals surface area contributed by atoms with E-state index < -0.39 is 10.8 Å². The molecule has 0 unspecified atom stereocenters. The van der Waals surface area contributed by atoms with E-state index in [0.29, 0.717) is 32.6 Å². The fourth-order valence-corrected chi connectivity index (χ4v) is 5.18. The predicted octanol–water partition coefficient (Wildman–Crippen LogP) is 6.34. The minimum Gasteiger partial charge on any atom is -0.495 e. The molecular weight excluding hydrogens is 439 g/mol. The molecule has 4 aromatic carbocycles. The predicted molar refractivity (Wildman–Crippen MR) is 130 cm³/mol. The van der Waals surface area contributed by atoms with Crippen LogP contribution in [0, 0.1) is 5.82 Å². The first-order valence-corrected chi connectivity index (χ1v) is 11.4. The van der Waals surface area contributed by atoms with Gasteiger partial charge < -0.3 is 14.2 Å². The first kappa shape index (κ1) is 22.6. The summed E-state index contributed by atoms with van der Waals surface area (Å²) in [4.78, 5) is 1.12. The lowest BCUT2D eigenvalue weighted by Gasteiger charge is -2.17. The molecule has 0 aromatic heterocycles. The van der Waals surface area contributed by atoms with Crippen molar-refractivity contribution >= 4 is 33.7 Å². The van der Waals surface area contributed by atoms with Crippen LogP contribution < -0.4 is 14.2 Å². The summed E-state index contributed by atoms with van der Waals surface area (Å²) in [6.45, 7) is 0. The zero-order chi connectivity index (χ0) is 23.4. The van der Waals surface area contributed by atoms with E-state index in [2.05, 4.69) is 0 Å². The van der Waals surface area contributed by atoms with Crippen molar-refractivity contribution in [3.05, 3.63) is 89.7 Å². The minimum atomic E-state index is -1.60. The van der Waals surface area contributed by atoms with E-state index in [1.807, 2.05) is 42.5 Å². The number of fused-ring (bicyclic) bond motifs is 1. The molecule has 0 aliphatic carbocycles. The molecule has 0 aliphatic heterocycles. The Balaban J connectivity index is 1.92. The zero-order valence-corrected chi connectivity index (χ0v) is 19.3. The molecule has 4 rings (SSSR count). The van der Waals surface area contributed by atoms with Gasteiger partial charge in [0.05, 0.1) is 41.9 Å². The lowest BCUT2D eigenvalue weighted by Crippen LogP contribution is -2.03. The van der Waals surface area contributed by atoms with Crippen molar-refractivity contribution < 1.29 is 22.8 Å². The molecular formula is C27H23FO4S. The highest BCUT2D eigenvalue weighted by Crippen LogP contribution is 2.40. The van der Waals surface area contributed by atoms with Gasteiger partial charge in [-0.25, -0.2) is 8.60 Å². The molecule has 33 heavy (non-hydrogen) atoms. The summed E-state index contributed by atoms with van der Waals surface area (Å²) >= 11 is 0. The third-order valence-corrected chi connectivity index (χ3v) is 6.85. The Kier molecular flexibility index (Phi) is 6.75. The van der Waals surface area contributed by atoms with Gasteiger partial charge in [0.25, 0.3) is 0 Å². The van der Waals surface area contributed by atoms with Crippen LogP contribution in [0.4, 0.5) is 4.39 Å². The number of benzene rings is 4. The SMILES string of the molecule is COc1ccc([S@@](=O)c2c(OC)ccc3ccccc23)c(/C=C/c2ccc(F)cc2)c1OC. The first-order valence-electron chi connectivity index (χ1n) is 10.2. The summed E-state index contributed by atoms with van der Waals surface area (Å²) in [5.74, 6) is 1.20. The molecule has 4 nitrogen and oxygen atoms in total. The lowest BCUT2D eigenvalue weighted by molar-refractivity contribution is 0.353. The summed E-state index contributed by atoms with van der Waals surface area (Å²) in [6.07, 6.45) is 3.62. The van der Waals surface area contributed by atoms with Crippen molar-refractivity contribution in [2.24, 2.45) is 0 Å². The van der Waals surface area contributed by atoms with Gasteiger partial charge >= 0.3 is 0 Å². The second-order valence-corrected chi connectivity index (χ2v) is 8.57. The summed E-state index contributed by atoms with van der Waals surface area (Å²) in [6, 6.07) is 21.1. The van der Waals surface area contributed by atoms with Crippen molar-refractivity contribution in [1.29, 1.82) is 0 Å². The molecule has 0 heterocycles. The molecule has 0 saturated carbocycles. The van der Waals surface area contributed by atoms with Crippen LogP contribution in [0.5, 0.6) is 17.2 Å². The third-order valence-electron chi connectivity index (χ3n) is 5.30. The highest BCUT2D eigenvalue weighted by atomic mass is 32.2. The maximum absolute atomic E-state index is 14.0. The number of methoxy groups -OCH3 is 3. The van der Waals surface area contributed by atoms with Crippen LogP contribution in [-0.2, 0) is 10.8 Å². The van der Waals surface area contributed by atoms with Gasteiger partial charge in [-0.2, -0.15) is 0 Å². The van der Waals surface area contributed by atoms with Crippen LogP contribution in [0.1, 0.15) is 11.1 Å². The van der Waals surface area contributed by atoms with Gasteiger partial charge in [0.1, 0.15) is 11.6 Å². The van der Waals surface area contributed by atoms with Gasteiger partial charge in [-0.3, -0.25) is 0 Å². The molecule has 168 valence electrons. The van der Waals surface area contributed by atoms with Crippen molar-refractivity contribution in [3.63, 3.8) is 0 Å². The smallest absolute Gasteiger partial charge is 0.169 e. The number of hydrogen-bond donors (Lipinski definition) is 0. The Morgan fingerprint density at radius 1 is 0.758 bits per heavy atom.